The summed E-state index contributed by atoms with van der Waals surface area (Å²) in [6.07, 6.45) is 0.0727. The van der Waals surface area contributed by atoms with Gasteiger partial charge in [-0.1, -0.05) is 12.1 Å². The maximum absolute atomic E-state index is 12.6. The van der Waals surface area contributed by atoms with Crippen molar-refractivity contribution in [1.29, 1.82) is 0 Å². The zero-order valence-corrected chi connectivity index (χ0v) is 13.1. The van der Waals surface area contributed by atoms with Crippen LogP contribution in [0.4, 0.5) is 13.2 Å². The molecule has 0 spiro atoms. The Balaban J connectivity index is 1.60. The normalized spacial score (nSPS) is 27.0. The first-order valence-electron chi connectivity index (χ1n) is 8.01. The molecule has 3 nitrogen and oxygen atoms in total. The molecule has 0 aliphatic carbocycles. The number of nitrogens with zero attached hydrogens (tertiary/aromatic N) is 1. The van der Waals surface area contributed by atoms with E-state index in [4.69, 9.17) is 0 Å². The summed E-state index contributed by atoms with van der Waals surface area (Å²) in [4.78, 5) is 14.2. The van der Waals surface area contributed by atoms with Gasteiger partial charge in [0.05, 0.1) is 12.0 Å². The first kappa shape index (κ1) is 16.3. The van der Waals surface area contributed by atoms with Crippen LogP contribution in [0, 0.1) is 0 Å². The molecule has 23 heavy (non-hydrogen) atoms. The summed E-state index contributed by atoms with van der Waals surface area (Å²) in [7, 11) is 1.81. The highest BCUT2D eigenvalue weighted by atomic mass is 19.4. The SMILES string of the molecule is CN(C(=O)Cc1ccc(C(F)(F)F)cc1)C1CC2CCC(C1)N2. The quantitative estimate of drug-likeness (QED) is 0.926. The lowest BCUT2D eigenvalue weighted by Crippen LogP contribution is -2.49. The molecule has 2 bridgehead atoms. The molecular formula is C17H21F3N2O. The van der Waals surface area contributed by atoms with Crippen molar-refractivity contribution < 1.29 is 18.0 Å². The summed E-state index contributed by atoms with van der Waals surface area (Å²) in [6.45, 7) is 0. The number of likely N-dealkylation sites (N-methyl/N-ethyl adjacent to an activating group) is 1. The maximum Gasteiger partial charge on any atom is 0.416 e. The third kappa shape index (κ3) is 3.68. The van der Waals surface area contributed by atoms with Crippen LogP contribution in [0.5, 0.6) is 0 Å². The smallest absolute Gasteiger partial charge is 0.342 e. The van der Waals surface area contributed by atoms with Crippen molar-refractivity contribution in [2.45, 2.75) is 56.4 Å². The molecule has 2 atom stereocenters. The number of alkyl halides is 3. The van der Waals surface area contributed by atoms with E-state index in [1.165, 1.54) is 25.0 Å². The van der Waals surface area contributed by atoms with Gasteiger partial charge in [-0.25, -0.2) is 0 Å². The van der Waals surface area contributed by atoms with Crippen molar-refractivity contribution in [3.8, 4) is 0 Å². The van der Waals surface area contributed by atoms with Crippen LogP contribution in [0.3, 0.4) is 0 Å². The van der Waals surface area contributed by atoms with Crippen molar-refractivity contribution in [3.63, 3.8) is 0 Å². The van der Waals surface area contributed by atoms with E-state index in [0.29, 0.717) is 17.6 Å². The fourth-order valence-corrected chi connectivity index (χ4v) is 3.66. The third-order valence-corrected chi connectivity index (χ3v) is 5.03. The number of rotatable bonds is 3. The number of carbonyl (C=O) groups is 1. The summed E-state index contributed by atoms with van der Waals surface area (Å²) in [5.41, 5.74) is -0.0660. The van der Waals surface area contributed by atoms with Crippen LogP contribution in [-0.4, -0.2) is 36.0 Å². The number of amides is 1. The summed E-state index contributed by atoms with van der Waals surface area (Å²) in [6, 6.07) is 6.08. The molecule has 2 aliphatic heterocycles. The van der Waals surface area contributed by atoms with Crippen molar-refractivity contribution in [2.75, 3.05) is 7.05 Å². The second-order valence-corrected chi connectivity index (χ2v) is 6.64. The molecule has 2 heterocycles. The Morgan fingerprint density at radius 1 is 1.17 bits per heavy atom. The molecule has 1 amide bonds. The van der Waals surface area contributed by atoms with Crippen LogP contribution < -0.4 is 5.32 Å². The van der Waals surface area contributed by atoms with Gasteiger partial charge in [0.25, 0.3) is 0 Å². The number of hydrogen-bond acceptors (Lipinski definition) is 2. The number of fused-ring (bicyclic) bond motifs is 2. The van der Waals surface area contributed by atoms with Crippen LogP contribution in [0.25, 0.3) is 0 Å². The average Bonchev–Trinajstić information content (AvgIpc) is 2.84. The summed E-state index contributed by atoms with van der Waals surface area (Å²) in [5, 5.41) is 3.54. The van der Waals surface area contributed by atoms with Crippen LogP contribution in [0.15, 0.2) is 24.3 Å². The standard InChI is InChI=1S/C17H21F3N2O/c1-22(15-9-13-6-7-14(10-15)21-13)16(23)8-11-2-4-12(5-3-11)17(18,19)20/h2-5,13-15,21H,6-10H2,1H3. The van der Waals surface area contributed by atoms with E-state index >= 15 is 0 Å². The van der Waals surface area contributed by atoms with Gasteiger partial charge in [0.15, 0.2) is 0 Å². The van der Waals surface area contributed by atoms with E-state index in [1.54, 1.807) is 4.90 Å². The van der Waals surface area contributed by atoms with Gasteiger partial charge in [-0.05, 0) is 43.4 Å². The third-order valence-electron chi connectivity index (χ3n) is 5.03. The van der Waals surface area contributed by atoms with Crippen molar-refractivity contribution in [1.82, 2.24) is 10.2 Å². The van der Waals surface area contributed by atoms with E-state index in [2.05, 4.69) is 5.32 Å². The van der Waals surface area contributed by atoms with E-state index in [1.807, 2.05) is 7.05 Å². The topological polar surface area (TPSA) is 32.3 Å². The Labute approximate surface area is 133 Å². The van der Waals surface area contributed by atoms with Gasteiger partial charge < -0.3 is 10.2 Å². The Bertz CT molecular complexity index is 558. The van der Waals surface area contributed by atoms with Crippen LogP contribution in [0.1, 0.15) is 36.8 Å². The molecule has 1 N–H and O–H groups in total. The van der Waals surface area contributed by atoms with Crippen molar-refractivity contribution in [2.24, 2.45) is 0 Å². The lowest BCUT2D eigenvalue weighted by molar-refractivity contribution is -0.137. The molecule has 126 valence electrons. The molecule has 2 saturated heterocycles. The number of halogens is 3. The highest BCUT2D eigenvalue weighted by Crippen LogP contribution is 2.30. The molecular weight excluding hydrogens is 305 g/mol. The fraction of sp³-hybridized carbons (Fsp3) is 0.588. The highest BCUT2D eigenvalue weighted by molar-refractivity contribution is 5.78. The molecule has 2 aliphatic rings. The van der Waals surface area contributed by atoms with Crippen molar-refractivity contribution in [3.05, 3.63) is 35.4 Å². The number of piperidine rings is 1. The van der Waals surface area contributed by atoms with Gasteiger partial charge in [-0.15, -0.1) is 0 Å². The summed E-state index contributed by atoms with van der Waals surface area (Å²) >= 11 is 0. The van der Waals surface area contributed by atoms with E-state index < -0.39 is 11.7 Å². The molecule has 2 unspecified atom stereocenters. The zero-order valence-electron chi connectivity index (χ0n) is 13.1. The molecule has 0 radical (unpaired) electrons. The van der Waals surface area contributed by atoms with Crippen LogP contribution in [-0.2, 0) is 17.4 Å². The summed E-state index contributed by atoms with van der Waals surface area (Å²) < 4.78 is 37.7. The Morgan fingerprint density at radius 2 is 1.74 bits per heavy atom. The fourth-order valence-electron chi connectivity index (χ4n) is 3.66. The lowest BCUT2D eigenvalue weighted by Gasteiger charge is -2.35. The van der Waals surface area contributed by atoms with E-state index in [9.17, 15) is 18.0 Å². The van der Waals surface area contributed by atoms with Gasteiger partial charge in [-0.3, -0.25) is 4.79 Å². The first-order valence-corrected chi connectivity index (χ1v) is 8.01. The Hall–Kier alpha value is -1.56. The molecule has 6 heteroatoms. The minimum atomic E-state index is -4.34. The Morgan fingerprint density at radius 3 is 2.26 bits per heavy atom. The monoisotopic (exact) mass is 326 g/mol. The van der Waals surface area contributed by atoms with Gasteiger partial charge in [0.1, 0.15) is 0 Å². The zero-order chi connectivity index (χ0) is 16.6. The second-order valence-electron chi connectivity index (χ2n) is 6.64. The first-order chi connectivity index (χ1) is 10.8. The predicted molar refractivity (Wildman–Crippen MR) is 80.9 cm³/mol. The number of benzene rings is 1. The Kier molecular flexibility index (Phi) is 4.36. The predicted octanol–water partition coefficient (Wildman–Crippen LogP) is 2.99. The highest BCUT2D eigenvalue weighted by Gasteiger charge is 2.36. The molecule has 0 aromatic heterocycles. The maximum atomic E-state index is 12.6. The average molecular weight is 326 g/mol. The minimum Gasteiger partial charge on any atom is -0.342 e. The number of carbonyl (C=O) groups excluding carboxylic acids is 1. The molecule has 3 rings (SSSR count). The van der Waals surface area contributed by atoms with Crippen LogP contribution >= 0.6 is 0 Å². The van der Waals surface area contributed by atoms with Crippen LogP contribution in [0.2, 0.25) is 0 Å². The second kappa shape index (κ2) is 6.15. The molecule has 1 aromatic carbocycles. The minimum absolute atomic E-state index is 0.0314. The van der Waals surface area contributed by atoms with Crippen molar-refractivity contribution >= 4 is 5.91 Å². The van der Waals surface area contributed by atoms with Gasteiger partial charge in [-0.2, -0.15) is 13.2 Å². The number of hydrogen-bond donors (Lipinski definition) is 1. The summed E-state index contributed by atoms with van der Waals surface area (Å²) in [5.74, 6) is -0.0314. The molecule has 1 aromatic rings. The number of nitrogens with one attached hydrogen (secondary N) is 1. The largest absolute Gasteiger partial charge is 0.416 e. The van der Waals surface area contributed by atoms with Gasteiger partial charge in [0.2, 0.25) is 5.91 Å². The van der Waals surface area contributed by atoms with Gasteiger partial charge >= 0.3 is 6.18 Å². The molecule has 0 saturated carbocycles. The lowest BCUT2D eigenvalue weighted by atomic mass is 9.98. The molecule has 2 fully saturated rings. The van der Waals surface area contributed by atoms with Gasteiger partial charge in [0, 0.05) is 25.2 Å². The van der Waals surface area contributed by atoms with E-state index in [-0.39, 0.29) is 18.4 Å². The van der Waals surface area contributed by atoms with E-state index in [0.717, 1.165) is 25.0 Å².